The number of benzene rings is 3. The van der Waals surface area contributed by atoms with Crippen molar-refractivity contribution in [3.63, 3.8) is 0 Å². The van der Waals surface area contributed by atoms with Gasteiger partial charge >= 0.3 is 10.2 Å². The summed E-state index contributed by atoms with van der Waals surface area (Å²) < 4.78 is 53.7. The van der Waals surface area contributed by atoms with Crippen molar-refractivity contribution in [1.29, 1.82) is 0 Å². The summed E-state index contributed by atoms with van der Waals surface area (Å²) in [6, 6.07) is 19.5. The van der Waals surface area contributed by atoms with Gasteiger partial charge in [0.1, 0.15) is 18.5 Å². The standard InChI is InChI=1S/C25H26FN3O5S/c1-28(2)35(31,32)29(22-8-4-3-7-21(22)26)16-18-11-13-19(14-12-18)25(30)27-15-20-17-33-23-9-5-6-10-24(23)34-20/h3-14,20H,15-17H2,1-2H3,(H,27,30)/t20-/m1/s1. The molecule has 1 aliphatic heterocycles. The lowest BCUT2D eigenvalue weighted by molar-refractivity contribution is 0.0789. The van der Waals surface area contributed by atoms with Crippen LogP contribution in [0.2, 0.25) is 0 Å². The van der Waals surface area contributed by atoms with Crippen molar-refractivity contribution in [3.8, 4) is 11.5 Å². The molecule has 0 saturated carbocycles. The van der Waals surface area contributed by atoms with Gasteiger partial charge in [0, 0.05) is 19.7 Å². The third-order valence-corrected chi connectivity index (χ3v) is 7.27. The van der Waals surface area contributed by atoms with E-state index in [-0.39, 0.29) is 30.8 Å². The van der Waals surface area contributed by atoms with Gasteiger partial charge in [-0.05, 0) is 42.0 Å². The molecule has 0 fully saturated rings. The number of hydrogen-bond acceptors (Lipinski definition) is 5. The first-order valence-electron chi connectivity index (χ1n) is 11.0. The highest BCUT2D eigenvalue weighted by Crippen LogP contribution is 2.30. The van der Waals surface area contributed by atoms with Gasteiger partial charge in [0.05, 0.1) is 18.8 Å². The van der Waals surface area contributed by atoms with Crippen molar-refractivity contribution in [2.75, 3.05) is 31.6 Å². The minimum atomic E-state index is -3.96. The van der Waals surface area contributed by atoms with E-state index in [0.29, 0.717) is 29.2 Å². The highest BCUT2D eigenvalue weighted by molar-refractivity contribution is 7.90. The average Bonchev–Trinajstić information content (AvgIpc) is 2.86. The summed E-state index contributed by atoms with van der Waals surface area (Å²) in [6.07, 6.45) is -0.321. The molecule has 3 aromatic rings. The van der Waals surface area contributed by atoms with Gasteiger partial charge < -0.3 is 14.8 Å². The number of carbonyl (C=O) groups excluding carboxylic acids is 1. The predicted molar refractivity (Wildman–Crippen MR) is 130 cm³/mol. The quantitative estimate of drug-likeness (QED) is 0.514. The lowest BCUT2D eigenvalue weighted by atomic mass is 10.1. The molecule has 1 amide bonds. The number of amides is 1. The summed E-state index contributed by atoms with van der Waals surface area (Å²) in [6.45, 7) is 0.482. The highest BCUT2D eigenvalue weighted by atomic mass is 32.2. The van der Waals surface area contributed by atoms with E-state index < -0.39 is 16.0 Å². The van der Waals surface area contributed by atoms with Crippen molar-refractivity contribution in [1.82, 2.24) is 9.62 Å². The summed E-state index contributed by atoms with van der Waals surface area (Å²) in [5.74, 6) is 0.358. The van der Waals surface area contributed by atoms with E-state index in [2.05, 4.69) is 5.32 Å². The van der Waals surface area contributed by atoms with Crippen molar-refractivity contribution in [3.05, 3.63) is 89.7 Å². The fourth-order valence-corrected chi connectivity index (χ4v) is 4.64. The van der Waals surface area contributed by atoms with Crippen molar-refractivity contribution < 1.29 is 27.1 Å². The first kappa shape index (κ1) is 24.5. The number of nitrogens with one attached hydrogen (secondary N) is 1. The van der Waals surface area contributed by atoms with Gasteiger partial charge in [-0.15, -0.1) is 0 Å². The number of fused-ring (bicyclic) bond motifs is 1. The molecule has 0 bridgehead atoms. The second kappa shape index (κ2) is 10.3. The van der Waals surface area contributed by atoms with Crippen LogP contribution in [0.3, 0.4) is 0 Å². The molecule has 3 aromatic carbocycles. The number of carbonyl (C=O) groups is 1. The Kier molecular flexibility index (Phi) is 7.23. The zero-order valence-electron chi connectivity index (χ0n) is 19.3. The van der Waals surface area contributed by atoms with E-state index in [9.17, 15) is 17.6 Å². The molecule has 184 valence electrons. The smallest absolute Gasteiger partial charge is 0.303 e. The number of ether oxygens (including phenoxy) is 2. The predicted octanol–water partition coefficient (Wildman–Crippen LogP) is 3.21. The summed E-state index contributed by atoms with van der Waals surface area (Å²) in [5, 5.41) is 2.83. The van der Waals surface area contributed by atoms with Gasteiger partial charge in [-0.1, -0.05) is 36.4 Å². The second-order valence-corrected chi connectivity index (χ2v) is 10.2. The third-order valence-electron chi connectivity index (χ3n) is 5.46. The molecule has 0 aromatic heterocycles. The number of halogens is 1. The molecule has 0 saturated heterocycles. The summed E-state index contributed by atoms with van der Waals surface area (Å²) >= 11 is 0. The van der Waals surface area contributed by atoms with Crippen molar-refractivity contribution in [2.45, 2.75) is 12.6 Å². The second-order valence-electron chi connectivity index (χ2n) is 8.15. The van der Waals surface area contributed by atoms with E-state index in [1.54, 1.807) is 30.3 Å². The van der Waals surface area contributed by atoms with Crippen molar-refractivity contribution >= 4 is 21.8 Å². The fraction of sp³-hybridized carbons (Fsp3) is 0.240. The molecule has 0 spiro atoms. The van der Waals surface area contributed by atoms with Crippen LogP contribution in [0.15, 0.2) is 72.8 Å². The van der Waals surface area contributed by atoms with Gasteiger partial charge in [-0.2, -0.15) is 12.7 Å². The molecule has 0 aliphatic carbocycles. The lowest BCUT2D eigenvalue weighted by Gasteiger charge is -2.28. The minimum Gasteiger partial charge on any atom is -0.486 e. The largest absolute Gasteiger partial charge is 0.486 e. The molecular weight excluding hydrogens is 473 g/mol. The zero-order valence-corrected chi connectivity index (χ0v) is 20.2. The molecule has 1 heterocycles. The Morgan fingerprint density at radius 3 is 2.34 bits per heavy atom. The molecule has 0 unspecified atom stereocenters. The maximum Gasteiger partial charge on any atom is 0.303 e. The molecule has 1 atom stereocenters. The Hall–Kier alpha value is -3.63. The molecular formula is C25H26FN3O5S. The van der Waals surface area contributed by atoms with E-state index >= 15 is 0 Å². The fourth-order valence-electron chi connectivity index (χ4n) is 3.54. The van der Waals surface area contributed by atoms with E-state index in [0.717, 1.165) is 8.61 Å². The number of nitrogens with zero attached hydrogens (tertiary/aromatic N) is 2. The van der Waals surface area contributed by atoms with Gasteiger partial charge in [-0.25, -0.2) is 4.39 Å². The maximum atomic E-state index is 14.4. The third kappa shape index (κ3) is 5.55. The first-order valence-corrected chi connectivity index (χ1v) is 12.4. The topological polar surface area (TPSA) is 88.2 Å². The van der Waals surface area contributed by atoms with Crippen LogP contribution in [0.5, 0.6) is 11.5 Å². The van der Waals surface area contributed by atoms with Crippen LogP contribution in [-0.2, 0) is 16.8 Å². The normalized spacial score (nSPS) is 15.0. The number of para-hydroxylation sites is 3. The van der Waals surface area contributed by atoms with Crippen LogP contribution in [0, 0.1) is 5.82 Å². The monoisotopic (exact) mass is 499 g/mol. The molecule has 4 rings (SSSR count). The Bertz CT molecular complexity index is 1300. The molecule has 1 N–H and O–H groups in total. The van der Waals surface area contributed by atoms with Crippen LogP contribution >= 0.6 is 0 Å². The molecule has 10 heteroatoms. The average molecular weight is 500 g/mol. The van der Waals surface area contributed by atoms with E-state index in [1.807, 2.05) is 24.3 Å². The van der Waals surface area contributed by atoms with E-state index in [1.165, 1.54) is 32.3 Å². The number of hydrogen-bond donors (Lipinski definition) is 1. The van der Waals surface area contributed by atoms with Gasteiger partial charge in [0.25, 0.3) is 5.91 Å². The van der Waals surface area contributed by atoms with Crippen molar-refractivity contribution in [2.24, 2.45) is 0 Å². The SMILES string of the molecule is CN(C)S(=O)(=O)N(Cc1ccc(C(=O)NC[C@@H]2COc3ccccc3O2)cc1)c1ccccc1F. The Morgan fingerprint density at radius 2 is 1.66 bits per heavy atom. The Morgan fingerprint density at radius 1 is 1.00 bits per heavy atom. The van der Waals surface area contributed by atoms with Crippen LogP contribution in [-0.4, -0.2) is 52.0 Å². The zero-order chi connectivity index (χ0) is 25.0. The van der Waals surface area contributed by atoms with Crippen LogP contribution in [0.25, 0.3) is 0 Å². The molecule has 8 nitrogen and oxygen atoms in total. The number of rotatable bonds is 8. The minimum absolute atomic E-state index is 0.0562. The van der Waals surface area contributed by atoms with Crippen LogP contribution in [0.1, 0.15) is 15.9 Å². The van der Waals surface area contributed by atoms with Gasteiger partial charge in [0.15, 0.2) is 11.5 Å². The summed E-state index contributed by atoms with van der Waals surface area (Å²) in [4.78, 5) is 12.6. The molecule has 0 radical (unpaired) electrons. The molecule has 35 heavy (non-hydrogen) atoms. The lowest BCUT2D eigenvalue weighted by Crippen LogP contribution is -2.40. The number of anilines is 1. The van der Waals surface area contributed by atoms with Crippen LogP contribution < -0.4 is 19.1 Å². The highest BCUT2D eigenvalue weighted by Gasteiger charge is 2.27. The first-order chi connectivity index (χ1) is 16.8. The Labute approximate surface area is 204 Å². The summed E-state index contributed by atoms with van der Waals surface area (Å²) in [7, 11) is -1.19. The van der Waals surface area contributed by atoms with Gasteiger partial charge in [0.2, 0.25) is 0 Å². The van der Waals surface area contributed by atoms with Crippen LogP contribution in [0.4, 0.5) is 10.1 Å². The Balaban J connectivity index is 1.42. The maximum absolute atomic E-state index is 14.4. The summed E-state index contributed by atoms with van der Waals surface area (Å²) in [5.41, 5.74) is 0.939. The van der Waals surface area contributed by atoms with E-state index in [4.69, 9.17) is 9.47 Å². The van der Waals surface area contributed by atoms with Gasteiger partial charge in [-0.3, -0.25) is 9.10 Å². The molecule has 1 aliphatic rings.